The summed E-state index contributed by atoms with van der Waals surface area (Å²) in [5.41, 5.74) is 6.86. The molecule has 0 aliphatic rings. The van der Waals surface area contributed by atoms with Crippen LogP contribution in [0.25, 0.3) is 32.7 Å². The van der Waals surface area contributed by atoms with Crippen LogP contribution in [0.3, 0.4) is 0 Å². The SMILES string of the molecule is Cc1ccc(O)c(C=Nc2ccc3ccccc3c2-c2c(N=Cc3cc(C)ccc3O)ccc3ccccc23)c1. The summed E-state index contributed by atoms with van der Waals surface area (Å²) in [5.74, 6) is 0.371. The highest BCUT2D eigenvalue weighted by atomic mass is 16.3. The van der Waals surface area contributed by atoms with Gasteiger partial charge in [0, 0.05) is 34.7 Å². The molecule has 0 spiro atoms. The molecule has 6 aromatic carbocycles. The van der Waals surface area contributed by atoms with Crippen molar-refractivity contribution >= 4 is 45.3 Å². The Hall–Kier alpha value is -5.22. The van der Waals surface area contributed by atoms with Gasteiger partial charge in [0.25, 0.3) is 0 Å². The lowest BCUT2D eigenvalue weighted by Crippen LogP contribution is -1.90. The van der Waals surface area contributed by atoms with Gasteiger partial charge >= 0.3 is 0 Å². The Labute approximate surface area is 233 Å². The molecule has 40 heavy (non-hydrogen) atoms. The van der Waals surface area contributed by atoms with Crippen LogP contribution < -0.4 is 0 Å². The van der Waals surface area contributed by atoms with Crippen molar-refractivity contribution in [3.8, 4) is 22.6 Å². The van der Waals surface area contributed by atoms with Crippen LogP contribution >= 0.6 is 0 Å². The zero-order valence-corrected chi connectivity index (χ0v) is 22.3. The molecular formula is C36H28N2O2. The summed E-state index contributed by atoms with van der Waals surface area (Å²) in [6.45, 7) is 3.98. The second-order valence-electron chi connectivity index (χ2n) is 10.0. The van der Waals surface area contributed by atoms with Gasteiger partial charge in [0.1, 0.15) is 11.5 Å². The molecule has 0 aliphatic heterocycles. The number of nitrogens with zero attached hydrogens (tertiary/aromatic N) is 2. The van der Waals surface area contributed by atoms with Gasteiger partial charge in [0.05, 0.1) is 11.4 Å². The average molecular weight is 521 g/mol. The number of benzene rings is 6. The van der Waals surface area contributed by atoms with Crippen molar-refractivity contribution in [3.05, 3.63) is 131 Å². The number of hydrogen-bond donors (Lipinski definition) is 2. The minimum absolute atomic E-state index is 0.185. The van der Waals surface area contributed by atoms with Crippen molar-refractivity contribution in [3.63, 3.8) is 0 Å². The van der Waals surface area contributed by atoms with E-state index in [1.165, 1.54) is 0 Å². The first-order valence-corrected chi connectivity index (χ1v) is 13.2. The highest BCUT2D eigenvalue weighted by molar-refractivity contribution is 6.13. The van der Waals surface area contributed by atoms with Gasteiger partial charge in [-0.25, -0.2) is 0 Å². The molecule has 0 aromatic heterocycles. The van der Waals surface area contributed by atoms with Crippen molar-refractivity contribution in [2.45, 2.75) is 13.8 Å². The third-order valence-corrected chi connectivity index (χ3v) is 7.12. The second kappa shape index (κ2) is 10.5. The van der Waals surface area contributed by atoms with Crippen molar-refractivity contribution in [2.24, 2.45) is 9.98 Å². The molecule has 4 heteroatoms. The van der Waals surface area contributed by atoms with Gasteiger partial charge in [-0.2, -0.15) is 0 Å². The monoisotopic (exact) mass is 520 g/mol. The third-order valence-electron chi connectivity index (χ3n) is 7.12. The molecule has 4 nitrogen and oxygen atoms in total. The average Bonchev–Trinajstić information content (AvgIpc) is 2.97. The number of phenols is 2. The molecule has 0 saturated carbocycles. The summed E-state index contributed by atoms with van der Waals surface area (Å²) >= 11 is 0. The highest BCUT2D eigenvalue weighted by Gasteiger charge is 2.17. The van der Waals surface area contributed by atoms with E-state index in [-0.39, 0.29) is 11.5 Å². The number of aromatic hydroxyl groups is 2. The molecule has 194 valence electrons. The van der Waals surface area contributed by atoms with Crippen LogP contribution in [0.2, 0.25) is 0 Å². The van der Waals surface area contributed by atoms with Gasteiger partial charge in [-0.15, -0.1) is 0 Å². The van der Waals surface area contributed by atoms with Gasteiger partial charge in [0.15, 0.2) is 0 Å². The molecule has 0 unspecified atom stereocenters. The number of fused-ring (bicyclic) bond motifs is 2. The normalized spacial score (nSPS) is 11.8. The van der Waals surface area contributed by atoms with Gasteiger partial charge in [0.2, 0.25) is 0 Å². The van der Waals surface area contributed by atoms with E-state index in [1.807, 2.05) is 74.5 Å². The molecule has 0 amide bonds. The minimum atomic E-state index is 0.185. The number of phenolic OH excluding ortho intramolecular Hbond substituents is 2. The van der Waals surface area contributed by atoms with E-state index in [2.05, 4.69) is 36.4 Å². The molecule has 6 aromatic rings. The first-order valence-electron chi connectivity index (χ1n) is 13.2. The molecule has 0 fully saturated rings. The van der Waals surface area contributed by atoms with Crippen LogP contribution in [-0.4, -0.2) is 22.6 Å². The molecule has 0 bridgehead atoms. The molecule has 0 saturated heterocycles. The highest BCUT2D eigenvalue weighted by Crippen LogP contribution is 2.45. The summed E-state index contributed by atoms with van der Waals surface area (Å²) in [6, 6.07) is 35.7. The summed E-state index contributed by atoms with van der Waals surface area (Å²) in [6.07, 6.45) is 3.43. The van der Waals surface area contributed by atoms with Crippen LogP contribution in [-0.2, 0) is 0 Å². The van der Waals surface area contributed by atoms with E-state index in [1.54, 1.807) is 24.6 Å². The molecule has 0 aliphatic carbocycles. The van der Waals surface area contributed by atoms with Gasteiger partial charge in [-0.05, 0) is 71.8 Å². The van der Waals surface area contributed by atoms with Crippen molar-refractivity contribution in [2.75, 3.05) is 0 Å². The zero-order valence-electron chi connectivity index (χ0n) is 22.3. The number of hydrogen-bond acceptors (Lipinski definition) is 4. The predicted octanol–water partition coefficient (Wildman–Crippen LogP) is 9.19. The summed E-state index contributed by atoms with van der Waals surface area (Å²) in [5, 5.41) is 25.2. The van der Waals surface area contributed by atoms with E-state index in [4.69, 9.17) is 9.98 Å². The Balaban J connectivity index is 1.63. The van der Waals surface area contributed by atoms with Gasteiger partial charge < -0.3 is 10.2 Å². The first-order chi connectivity index (χ1) is 19.5. The fourth-order valence-electron chi connectivity index (χ4n) is 5.09. The molecule has 0 atom stereocenters. The van der Waals surface area contributed by atoms with E-state index in [0.717, 1.165) is 55.2 Å². The molecular weight excluding hydrogens is 492 g/mol. The maximum atomic E-state index is 10.4. The van der Waals surface area contributed by atoms with Crippen molar-refractivity contribution in [1.82, 2.24) is 0 Å². The molecule has 0 heterocycles. The third kappa shape index (κ3) is 4.83. The van der Waals surface area contributed by atoms with Crippen LogP contribution in [0.15, 0.2) is 119 Å². The first kappa shape index (κ1) is 25.1. The van der Waals surface area contributed by atoms with Crippen LogP contribution in [0.5, 0.6) is 11.5 Å². The lowest BCUT2D eigenvalue weighted by molar-refractivity contribution is 0.474. The van der Waals surface area contributed by atoms with Crippen molar-refractivity contribution < 1.29 is 10.2 Å². The Morgan fingerprint density at radius 3 is 1.38 bits per heavy atom. The minimum Gasteiger partial charge on any atom is -0.507 e. The summed E-state index contributed by atoms with van der Waals surface area (Å²) < 4.78 is 0. The second-order valence-corrected chi connectivity index (χ2v) is 10.0. The zero-order chi connectivity index (χ0) is 27.6. The maximum Gasteiger partial charge on any atom is 0.124 e. The van der Waals surface area contributed by atoms with E-state index < -0.39 is 0 Å². The smallest absolute Gasteiger partial charge is 0.124 e. The Kier molecular flexibility index (Phi) is 6.59. The fraction of sp³-hybridized carbons (Fsp3) is 0.0556. The fourth-order valence-corrected chi connectivity index (χ4v) is 5.09. The Morgan fingerprint density at radius 1 is 0.500 bits per heavy atom. The summed E-state index contributed by atoms with van der Waals surface area (Å²) in [7, 11) is 0. The van der Waals surface area contributed by atoms with E-state index in [0.29, 0.717) is 11.1 Å². The van der Waals surface area contributed by atoms with Crippen LogP contribution in [0, 0.1) is 13.8 Å². The quantitative estimate of drug-likeness (QED) is 0.223. The standard InChI is InChI=1S/C36H28N2O2/c1-23-11-17-33(39)27(19-23)21-37-31-15-13-25-7-3-5-9-29(25)35(31)36-30-10-6-4-8-26(30)14-16-32(36)38-22-28-20-24(2)12-18-34(28)40/h3-22,39-40H,1-2H3. The summed E-state index contributed by atoms with van der Waals surface area (Å²) in [4.78, 5) is 9.84. The van der Waals surface area contributed by atoms with E-state index >= 15 is 0 Å². The Bertz CT molecular complexity index is 1810. The Morgan fingerprint density at radius 2 is 0.925 bits per heavy atom. The predicted molar refractivity (Wildman–Crippen MR) is 167 cm³/mol. The molecule has 0 radical (unpaired) electrons. The van der Waals surface area contributed by atoms with Crippen molar-refractivity contribution in [1.29, 1.82) is 0 Å². The lowest BCUT2D eigenvalue weighted by atomic mass is 9.91. The van der Waals surface area contributed by atoms with Gasteiger partial charge in [-0.1, -0.05) is 83.9 Å². The molecule has 6 rings (SSSR count). The van der Waals surface area contributed by atoms with Crippen LogP contribution in [0.1, 0.15) is 22.3 Å². The number of aliphatic imine (C=N–C) groups is 2. The lowest BCUT2D eigenvalue weighted by Gasteiger charge is -2.16. The van der Waals surface area contributed by atoms with Crippen LogP contribution in [0.4, 0.5) is 11.4 Å². The number of aryl methyl sites for hydroxylation is 2. The number of rotatable bonds is 5. The maximum absolute atomic E-state index is 10.4. The molecule has 2 N–H and O–H groups in total. The topological polar surface area (TPSA) is 65.2 Å². The van der Waals surface area contributed by atoms with Gasteiger partial charge in [-0.3, -0.25) is 9.98 Å². The van der Waals surface area contributed by atoms with E-state index in [9.17, 15) is 10.2 Å². The largest absolute Gasteiger partial charge is 0.507 e.